The maximum atomic E-state index is 12.6. The molecular weight excluding hydrogens is 424 g/mol. The molecule has 1 amide bonds. The number of esters is 1. The topological polar surface area (TPSA) is 114 Å². The molecule has 0 bridgehead atoms. The quantitative estimate of drug-likeness (QED) is 0.333. The van der Waals surface area contributed by atoms with Crippen LogP contribution in [0.3, 0.4) is 0 Å². The smallest absolute Gasteiger partial charge is 0.310 e. The van der Waals surface area contributed by atoms with Crippen LogP contribution < -0.4 is 10.3 Å². The van der Waals surface area contributed by atoms with Crippen LogP contribution in [0, 0.1) is 5.92 Å². The molecule has 1 aromatic carbocycles. The number of nitrogens with one attached hydrogen (secondary N) is 1. The summed E-state index contributed by atoms with van der Waals surface area (Å²) in [6.07, 6.45) is 4.28. The molecule has 1 unspecified atom stereocenters. The molecule has 0 saturated carbocycles. The summed E-state index contributed by atoms with van der Waals surface area (Å²) in [5.41, 5.74) is 0.495. The lowest BCUT2D eigenvalue weighted by Gasteiger charge is -2.31. The van der Waals surface area contributed by atoms with Gasteiger partial charge >= 0.3 is 5.97 Å². The lowest BCUT2D eigenvalue weighted by atomic mass is 9.98. The number of hydrogen-bond acceptors (Lipinski definition) is 7. The van der Waals surface area contributed by atoms with Crippen molar-refractivity contribution in [3.63, 3.8) is 0 Å². The summed E-state index contributed by atoms with van der Waals surface area (Å²) in [7, 11) is 0. The predicted octanol–water partition coefficient (Wildman–Crippen LogP) is 2.52. The van der Waals surface area contributed by atoms with Gasteiger partial charge in [0, 0.05) is 31.5 Å². The third-order valence-corrected chi connectivity index (χ3v) is 5.43. The molecule has 2 aromatic rings. The SMILES string of the molecule is C=CCCOc1cccc(-c2nnc(CCC(=O)N3CCCC(C(=O)OCC)C3)c(=O)[nH]2)c1. The Labute approximate surface area is 192 Å². The first kappa shape index (κ1) is 24.2. The number of nitrogens with zero attached hydrogens (tertiary/aromatic N) is 3. The fourth-order valence-electron chi connectivity index (χ4n) is 3.69. The molecule has 1 atom stereocenters. The minimum atomic E-state index is -0.381. The fraction of sp³-hybridized carbons (Fsp3) is 0.458. The zero-order valence-corrected chi connectivity index (χ0v) is 18.9. The Morgan fingerprint density at radius 3 is 2.94 bits per heavy atom. The molecule has 1 aliphatic heterocycles. The zero-order chi connectivity index (χ0) is 23.6. The molecule has 176 valence electrons. The number of aromatic nitrogens is 3. The number of hydrogen-bond donors (Lipinski definition) is 1. The third kappa shape index (κ3) is 6.74. The van der Waals surface area contributed by atoms with Crippen LogP contribution in [0.4, 0.5) is 0 Å². The van der Waals surface area contributed by atoms with Crippen LogP contribution in [-0.2, 0) is 20.7 Å². The number of carbonyl (C=O) groups is 2. The van der Waals surface area contributed by atoms with E-state index in [2.05, 4.69) is 21.8 Å². The fourth-order valence-corrected chi connectivity index (χ4v) is 3.69. The number of carbonyl (C=O) groups excluding carboxylic acids is 2. The number of aryl methyl sites for hydroxylation is 1. The second kappa shape index (κ2) is 11.9. The highest BCUT2D eigenvalue weighted by Gasteiger charge is 2.29. The Balaban J connectivity index is 1.59. The van der Waals surface area contributed by atoms with Gasteiger partial charge in [0.1, 0.15) is 11.4 Å². The van der Waals surface area contributed by atoms with E-state index in [9.17, 15) is 14.4 Å². The van der Waals surface area contributed by atoms with E-state index in [4.69, 9.17) is 9.47 Å². The second-order valence-corrected chi connectivity index (χ2v) is 7.83. The van der Waals surface area contributed by atoms with Crippen LogP contribution in [0.1, 0.15) is 38.3 Å². The zero-order valence-electron chi connectivity index (χ0n) is 18.9. The molecule has 1 N–H and O–H groups in total. The van der Waals surface area contributed by atoms with Gasteiger partial charge in [-0.05, 0) is 38.3 Å². The van der Waals surface area contributed by atoms with Gasteiger partial charge in [-0.15, -0.1) is 16.8 Å². The van der Waals surface area contributed by atoms with Crippen molar-refractivity contribution in [3.8, 4) is 17.1 Å². The summed E-state index contributed by atoms with van der Waals surface area (Å²) in [5, 5.41) is 8.18. The van der Waals surface area contributed by atoms with E-state index in [0.717, 1.165) is 19.3 Å². The molecule has 1 fully saturated rings. The van der Waals surface area contributed by atoms with Crippen molar-refractivity contribution < 1.29 is 19.1 Å². The average Bonchev–Trinajstić information content (AvgIpc) is 2.83. The van der Waals surface area contributed by atoms with Crippen molar-refractivity contribution in [2.24, 2.45) is 5.92 Å². The molecule has 0 aliphatic carbocycles. The third-order valence-electron chi connectivity index (χ3n) is 5.43. The van der Waals surface area contributed by atoms with E-state index < -0.39 is 0 Å². The maximum Gasteiger partial charge on any atom is 0.310 e. The number of benzene rings is 1. The maximum absolute atomic E-state index is 12.6. The molecular formula is C24H30N4O5. The van der Waals surface area contributed by atoms with E-state index in [1.165, 1.54) is 0 Å². The number of H-pyrrole nitrogens is 1. The Bertz CT molecular complexity index is 1040. The van der Waals surface area contributed by atoms with Gasteiger partial charge in [0.15, 0.2) is 5.82 Å². The standard InChI is InChI=1S/C24H30N4O5/c1-3-5-14-33-19-10-6-8-17(15-19)22-25-23(30)20(26-27-22)11-12-21(29)28-13-7-9-18(16-28)24(31)32-4-2/h3,6,8,10,15,18H,1,4-5,7,9,11-14,16H2,2H3,(H,25,27,30). The van der Waals surface area contributed by atoms with Crippen LogP contribution in [-0.4, -0.2) is 58.3 Å². The van der Waals surface area contributed by atoms with E-state index in [-0.39, 0.29) is 41.9 Å². The molecule has 9 nitrogen and oxygen atoms in total. The van der Waals surface area contributed by atoms with Crippen molar-refractivity contribution in [1.82, 2.24) is 20.1 Å². The van der Waals surface area contributed by atoms with Gasteiger partial charge in [0.2, 0.25) is 5.91 Å². The highest BCUT2D eigenvalue weighted by atomic mass is 16.5. The average molecular weight is 455 g/mol. The lowest BCUT2D eigenvalue weighted by molar-refractivity contribution is -0.151. The summed E-state index contributed by atoms with van der Waals surface area (Å²) in [6, 6.07) is 7.22. The number of ether oxygens (including phenoxy) is 2. The van der Waals surface area contributed by atoms with Gasteiger partial charge in [-0.25, -0.2) is 0 Å². The minimum Gasteiger partial charge on any atom is -0.493 e. The highest BCUT2D eigenvalue weighted by molar-refractivity contribution is 5.78. The van der Waals surface area contributed by atoms with Crippen molar-refractivity contribution in [2.45, 2.75) is 39.0 Å². The molecule has 1 aliphatic rings. The van der Waals surface area contributed by atoms with Gasteiger partial charge in [-0.1, -0.05) is 18.2 Å². The number of rotatable bonds is 10. The first-order valence-electron chi connectivity index (χ1n) is 11.3. The second-order valence-electron chi connectivity index (χ2n) is 7.83. The molecule has 1 saturated heterocycles. The summed E-state index contributed by atoms with van der Waals surface area (Å²) >= 11 is 0. The lowest BCUT2D eigenvalue weighted by Crippen LogP contribution is -2.43. The highest BCUT2D eigenvalue weighted by Crippen LogP contribution is 2.21. The van der Waals surface area contributed by atoms with E-state index >= 15 is 0 Å². The van der Waals surface area contributed by atoms with Gasteiger partial charge in [0.05, 0.1) is 19.1 Å². The van der Waals surface area contributed by atoms with E-state index in [1.807, 2.05) is 12.1 Å². The Hall–Kier alpha value is -3.49. The number of amides is 1. The molecule has 3 rings (SSSR count). The first-order chi connectivity index (χ1) is 16.0. The molecule has 33 heavy (non-hydrogen) atoms. The Kier molecular flexibility index (Phi) is 8.74. The van der Waals surface area contributed by atoms with Crippen LogP contribution in [0.2, 0.25) is 0 Å². The molecule has 0 spiro atoms. The van der Waals surface area contributed by atoms with Crippen molar-refractivity contribution >= 4 is 11.9 Å². The number of likely N-dealkylation sites (tertiary alicyclic amines) is 1. The summed E-state index contributed by atoms with van der Waals surface area (Å²) in [5.74, 6) is 0.329. The van der Waals surface area contributed by atoms with Crippen LogP contribution >= 0.6 is 0 Å². The van der Waals surface area contributed by atoms with Crippen molar-refractivity contribution in [2.75, 3.05) is 26.3 Å². The van der Waals surface area contributed by atoms with E-state index in [1.54, 1.807) is 30.0 Å². The monoisotopic (exact) mass is 454 g/mol. The summed E-state index contributed by atoms with van der Waals surface area (Å²) < 4.78 is 10.7. The van der Waals surface area contributed by atoms with Crippen molar-refractivity contribution in [1.29, 1.82) is 0 Å². The minimum absolute atomic E-state index is 0.112. The van der Waals surface area contributed by atoms with Crippen molar-refractivity contribution in [3.05, 3.63) is 53.0 Å². The van der Waals surface area contributed by atoms with Crippen LogP contribution in [0.5, 0.6) is 5.75 Å². The number of aromatic amines is 1. The number of piperidine rings is 1. The van der Waals surface area contributed by atoms with Crippen LogP contribution in [0.15, 0.2) is 41.7 Å². The van der Waals surface area contributed by atoms with Gasteiger partial charge in [-0.3, -0.25) is 14.4 Å². The van der Waals surface area contributed by atoms with Crippen LogP contribution in [0.25, 0.3) is 11.4 Å². The molecule has 0 radical (unpaired) electrons. The Morgan fingerprint density at radius 1 is 1.33 bits per heavy atom. The van der Waals surface area contributed by atoms with Gasteiger partial charge in [0.25, 0.3) is 5.56 Å². The predicted molar refractivity (Wildman–Crippen MR) is 123 cm³/mol. The largest absolute Gasteiger partial charge is 0.493 e. The first-order valence-corrected chi connectivity index (χ1v) is 11.3. The van der Waals surface area contributed by atoms with Gasteiger partial charge < -0.3 is 19.4 Å². The molecule has 2 heterocycles. The summed E-state index contributed by atoms with van der Waals surface area (Å²) in [6.45, 7) is 7.22. The molecule has 9 heteroatoms. The molecule has 1 aromatic heterocycles. The Morgan fingerprint density at radius 2 is 2.18 bits per heavy atom. The van der Waals surface area contributed by atoms with Gasteiger partial charge in [-0.2, -0.15) is 0 Å². The summed E-state index contributed by atoms with van der Waals surface area (Å²) in [4.78, 5) is 41.6. The normalized spacial score (nSPS) is 15.7. The van der Waals surface area contributed by atoms with E-state index in [0.29, 0.717) is 43.4 Å².